The van der Waals surface area contributed by atoms with Gasteiger partial charge in [0.25, 0.3) is 0 Å². The molecule has 0 N–H and O–H groups in total. The minimum absolute atomic E-state index is 0.182. The molecule has 0 unspecified atom stereocenters. The molecule has 1 aliphatic rings. The van der Waals surface area contributed by atoms with Gasteiger partial charge in [-0.3, -0.25) is 4.99 Å². The Kier molecular flexibility index (Phi) is 4.26. The van der Waals surface area contributed by atoms with E-state index in [0.29, 0.717) is 46.4 Å². The number of benzene rings is 1. The summed E-state index contributed by atoms with van der Waals surface area (Å²) in [7, 11) is 0. The van der Waals surface area contributed by atoms with Gasteiger partial charge in [0, 0.05) is 19.0 Å². The van der Waals surface area contributed by atoms with Crippen molar-refractivity contribution in [3.05, 3.63) is 52.2 Å². The number of nitrogens with zero attached hydrogens (tertiary/aromatic N) is 1. The lowest BCUT2D eigenvalue weighted by Crippen LogP contribution is -2.03. The topological polar surface area (TPSA) is 21.6 Å². The molecule has 1 aliphatic heterocycles. The number of rotatable bonds is 2. The first kappa shape index (κ1) is 15.8. The van der Waals surface area contributed by atoms with Gasteiger partial charge in [0.1, 0.15) is 10.6 Å². The third kappa shape index (κ3) is 3.47. The van der Waals surface area contributed by atoms with E-state index >= 15 is 0 Å². The molecule has 1 aromatic carbocycles. The van der Waals surface area contributed by atoms with E-state index in [1.165, 1.54) is 0 Å². The predicted molar refractivity (Wildman–Crippen MR) is 86.4 cm³/mol. The van der Waals surface area contributed by atoms with Crippen LogP contribution in [-0.2, 0) is 10.9 Å². The maximum absolute atomic E-state index is 13.4. The smallest absolute Gasteiger partial charge is 0.426 e. The lowest BCUT2D eigenvalue weighted by molar-refractivity contribution is -0.133. The number of alkyl halides is 3. The van der Waals surface area contributed by atoms with Gasteiger partial charge in [0.05, 0.1) is 4.88 Å². The van der Waals surface area contributed by atoms with Crippen molar-refractivity contribution in [1.29, 1.82) is 0 Å². The number of thiophene rings is 1. The van der Waals surface area contributed by atoms with Gasteiger partial charge in [-0.05, 0) is 24.1 Å². The Morgan fingerprint density at radius 2 is 1.91 bits per heavy atom. The average molecular weight is 337 g/mol. The lowest BCUT2D eigenvalue weighted by Gasteiger charge is -2.07. The lowest BCUT2D eigenvalue weighted by atomic mass is 10.1. The van der Waals surface area contributed by atoms with E-state index in [9.17, 15) is 13.2 Å². The largest absolute Gasteiger partial charge is 0.443 e. The SMILES string of the molecule is CC1=NCCC=C(c2cc(-c3ccccc3)c(C(F)(F)F)s2)O1. The van der Waals surface area contributed by atoms with Crippen LogP contribution in [0.15, 0.2) is 47.5 Å². The van der Waals surface area contributed by atoms with Crippen LogP contribution in [0, 0.1) is 0 Å². The van der Waals surface area contributed by atoms with E-state index in [1.807, 2.05) is 0 Å². The molecule has 0 saturated carbocycles. The van der Waals surface area contributed by atoms with Crippen LogP contribution < -0.4 is 0 Å². The monoisotopic (exact) mass is 337 g/mol. The molecule has 0 saturated heterocycles. The van der Waals surface area contributed by atoms with Crippen LogP contribution in [0.1, 0.15) is 23.1 Å². The number of halogens is 3. The highest BCUT2D eigenvalue weighted by Crippen LogP contribution is 2.44. The van der Waals surface area contributed by atoms with Crippen molar-refractivity contribution in [3.63, 3.8) is 0 Å². The van der Waals surface area contributed by atoms with Crippen molar-refractivity contribution >= 4 is 23.0 Å². The molecule has 23 heavy (non-hydrogen) atoms. The van der Waals surface area contributed by atoms with Gasteiger partial charge in [0.15, 0.2) is 5.90 Å². The summed E-state index contributed by atoms with van der Waals surface area (Å²) in [4.78, 5) is 4.02. The fourth-order valence-electron chi connectivity index (χ4n) is 2.36. The molecule has 0 amide bonds. The second-order valence-corrected chi connectivity index (χ2v) is 6.13. The summed E-state index contributed by atoms with van der Waals surface area (Å²) in [6.07, 6.45) is -1.96. The van der Waals surface area contributed by atoms with Gasteiger partial charge < -0.3 is 4.74 Å². The summed E-state index contributed by atoms with van der Waals surface area (Å²) < 4.78 is 45.8. The van der Waals surface area contributed by atoms with Crippen LogP contribution >= 0.6 is 11.3 Å². The van der Waals surface area contributed by atoms with Crippen LogP contribution in [0.2, 0.25) is 0 Å². The number of ether oxygens (including phenoxy) is 1. The van der Waals surface area contributed by atoms with Crippen LogP contribution in [0.5, 0.6) is 0 Å². The van der Waals surface area contributed by atoms with Crippen LogP contribution in [-0.4, -0.2) is 12.4 Å². The predicted octanol–water partition coefficient (Wildman–Crippen LogP) is 5.61. The summed E-state index contributed by atoms with van der Waals surface area (Å²) in [6.45, 7) is 2.29. The van der Waals surface area contributed by atoms with Gasteiger partial charge >= 0.3 is 6.18 Å². The molecule has 3 rings (SSSR count). The van der Waals surface area contributed by atoms with E-state index in [-0.39, 0.29) is 5.56 Å². The quantitative estimate of drug-likeness (QED) is 0.697. The van der Waals surface area contributed by atoms with Gasteiger partial charge in [0.2, 0.25) is 0 Å². The molecule has 2 heterocycles. The van der Waals surface area contributed by atoms with E-state index in [4.69, 9.17) is 4.74 Å². The van der Waals surface area contributed by atoms with Crippen molar-refractivity contribution < 1.29 is 17.9 Å². The van der Waals surface area contributed by atoms with E-state index in [1.54, 1.807) is 49.4 Å². The third-order valence-electron chi connectivity index (χ3n) is 3.37. The second kappa shape index (κ2) is 6.20. The molecule has 1 aromatic heterocycles. The number of hydrogen-bond donors (Lipinski definition) is 0. The minimum Gasteiger partial charge on any atom is -0.443 e. The molecule has 2 nitrogen and oxygen atoms in total. The maximum atomic E-state index is 13.4. The zero-order chi connectivity index (χ0) is 16.4. The Morgan fingerprint density at radius 1 is 1.17 bits per heavy atom. The van der Waals surface area contributed by atoms with Crippen LogP contribution in [0.25, 0.3) is 16.9 Å². The molecule has 0 radical (unpaired) electrons. The standard InChI is InChI=1S/C17H14F3NOS/c1-11-21-9-5-8-14(22-11)15-10-13(12-6-3-2-4-7-12)16(23-15)17(18,19)20/h2-4,6-8,10H,5,9H2,1H3. The molecule has 6 heteroatoms. The van der Waals surface area contributed by atoms with Crippen molar-refractivity contribution in [1.82, 2.24) is 0 Å². The van der Waals surface area contributed by atoms with Crippen molar-refractivity contribution in [2.24, 2.45) is 4.99 Å². The first-order chi connectivity index (χ1) is 10.9. The summed E-state index contributed by atoms with van der Waals surface area (Å²) in [5.41, 5.74) is 0.725. The number of hydrogen-bond acceptors (Lipinski definition) is 3. The molecule has 0 spiro atoms. The highest BCUT2D eigenvalue weighted by molar-refractivity contribution is 7.13. The fraction of sp³-hybridized carbons (Fsp3) is 0.235. The summed E-state index contributed by atoms with van der Waals surface area (Å²) >= 11 is 0.706. The summed E-state index contributed by atoms with van der Waals surface area (Å²) in [6, 6.07) is 10.1. The summed E-state index contributed by atoms with van der Waals surface area (Å²) in [5.74, 6) is 0.915. The number of aliphatic imine (C=N–C) groups is 1. The Morgan fingerprint density at radius 3 is 2.61 bits per heavy atom. The van der Waals surface area contributed by atoms with Gasteiger partial charge in [-0.2, -0.15) is 13.2 Å². The van der Waals surface area contributed by atoms with E-state index in [2.05, 4.69) is 4.99 Å². The Hall–Kier alpha value is -2.08. The zero-order valence-corrected chi connectivity index (χ0v) is 13.2. The third-order valence-corrected chi connectivity index (χ3v) is 4.56. The Balaban J connectivity index is 2.09. The van der Waals surface area contributed by atoms with Crippen LogP contribution in [0.3, 0.4) is 0 Å². The van der Waals surface area contributed by atoms with Gasteiger partial charge in [-0.15, -0.1) is 11.3 Å². The highest BCUT2D eigenvalue weighted by Gasteiger charge is 2.37. The maximum Gasteiger partial charge on any atom is 0.426 e. The normalized spacial score (nSPS) is 15.5. The first-order valence-electron chi connectivity index (χ1n) is 7.11. The molecular formula is C17H14F3NOS. The molecule has 0 aliphatic carbocycles. The molecule has 0 atom stereocenters. The van der Waals surface area contributed by atoms with Crippen molar-refractivity contribution in [2.45, 2.75) is 19.5 Å². The Labute approximate surface area is 135 Å². The van der Waals surface area contributed by atoms with Gasteiger partial charge in [-0.1, -0.05) is 30.3 Å². The van der Waals surface area contributed by atoms with Gasteiger partial charge in [-0.25, -0.2) is 0 Å². The average Bonchev–Trinajstić information content (AvgIpc) is 2.86. The molecule has 0 fully saturated rings. The molecule has 0 bridgehead atoms. The fourth-order valence-corrected chi connectivity index (χ4v) is 3.38. The zero-order valence-electron chi connectivity index (χ0n) is 12.4. The first-order valence-corrected chi connectivity index (χ1v) is 7.92. The van der Waals surface area contributed by atoms with Crippen molar-refractivity contribution in [3.8, 4) is 11.1 Å². The second-order valence-electron chi connectivity index (χ2n) is 5.08. The molecule has 2 aromatic rings. The molecule has 120 valence electrons. The van der Waals surface area contributed by atoms with E-state index in [0.717, 1.165) is 0 Å². The Bertz CT molecular complexity index is 760. The summed E-state index contributed by atoms with van der Waals surface area (Å²) in [5, 5.41) is 0. The van der Waals surface area contributed by atoms with Crippen molar-refractivity contribution in [2.75, 3.05) is 6.54 Å². The van der Waals surface area contributed by atoms with E-state index < -0.39 is 11.1 Å². The minimum atomic E-state index is -4.40. The highest BCUT2D eigenvalue weighted by atomic mass is 32.1. The van der Waals surface area contributed by atoms with Crippen LogP contribution in [0.4, 0.5) is 13.2 Å². The molecular weight excluding hydrogens is 323 g/mol.